The first-order chi connectivity index (χ1) is 13.1. The smallest absolute Gasteiger partial charge is 0.205 e. The molecule has 0 aliphatic carbocycles. The Morgan fingerprint density at radius 1 is 0.586 bits per heavy atom. The first-order valence-corrected chi connectivity index (χ1v) is 9.31. The highest BCUT2D eigenvalue weighted by molar-refractivity contribution is 6.29. The van der Waals surface area contributed by atoms with Crippen molar-refractivity contribution in [3.05, 3.63) is 29.1 Å². The third kappa shape index (κ3) is 13.4. The molecule has 5 nitrogen and oxygen atoms in total. The van der Waals surface area contributed by atoms with E-state index >= 15 is 0 Å². The topological polar surface area (TPSA) is 88.6 Å². The number of hydrogen-bond donors (Lipinski definition) is 2. The van der Waals surface area contributed by atoms with Crippen molar-refractivity contribution in [1.29, 1.82) is 0 Å². The minimum Gasteiger partial charge on any atom is -0.860 e. The predicted octanol–water partition coefficient (Wildman–Crippen LogP) is 0.200. The lowest BCUT2D eigenvalue weighted by Crippen LogP contribution is -2.92. The summed E-state index contributed by atoms with van der Waals surface area (Å²) < 4.78 is 65.9. The molecule has 4 N–H and O–H groups in total. The normalized spacial score (nSPS) is 10.7. The van der Waals surface area contributed by atoms with Gasteiger partial charge >= 0.3 is 0 Å². The highest BCUT2D eigenvalue weighted by atomic mass is 19.2. The summed E-state index contributed by atoms with van der Waals surface area (Å²) in [5.74, 6) is -13.6. The lowest BCUT2D eigenvalue weighted by atomic mass is 10.2. The van der Waals surface area contributed by atoms with Crippen molar-refractivity contribution < 1.29 is 47.3 Å². The van der Waals surface area contributed by atoms with Crippen LogP contribution in [0.1, 0.15) is 55.4 Å². The van der Waals surface area contributed by atoms with Crippen molar-refractivity contribution in [3.63, 3.8) is 0 Å². The van der Waals surface area contributed by atoms with Crippen LogP contribution in [0.4, 0.5) is 22.0 Å². The molecule has 1 aromatic carbocycles. The molecule has 0 aliphatic rings. The van der Waals surface area contributed by atoms with Crippen LogP contribution in [0.2, 0.25) is 0 Å². The Balaban J connectivity index is 0. The maximum atomic E-state index is 12.6. The highest BCUT2D eigenvalue weighted by Crippen LogP contribution is 2.28. The standard InChI is InChI=1S/C6BF5O3.2C6H15N/c8-1-2(9)4(11)6(15-7(13)14)5(12)3(1)10;2*1-5(2)7-6(3)4/h;2*5-7H,1-4H3/q-2;;/p+2. The van der Waals surface area contributed by atoms with Crippen molar-refractivity contribution in [1.82, 2.24) is 0 Å². The fourth-order valence-electron chi connectivity index (χ4n) is 2.32. The minimum atomic E-state index is -3.20. The first kappa shape index (κ1) is 29.8. The van der Waals surface area contributed by atoms with Gasteiger partial charge in [0.05, 0.1) is 24.2 Å². The molecule has 11 heteroatoms. The van der Waals surface area contributed by atoms with Gasteiger partial charge < -0.3 is 25.3 Å². The molecule has 1 rings (SSSR count). The number of hydrogen-bond acceptors (Lipinski definition) is 3. The zero-order valence-corrected chi connectivity index (χ0v) is 18.2. The van der Waals surface area contributed by atoms with Crippen LogP contribution in [0.5, 0.6) is 5.75 Å². The number of nitrogens with two attached hydrogens (primary N) is 2. The van der Waals surface area contributed by atoms with Gasteiger partial charge in [0, 0.05) is 0 Å². The van der Waals surface area contributed by atoms with E-state index in [4.69, 9.17) is 0 Å². The molecule has 0 saturated heterocycles. The van der Waals surface area contributed by atoms with Gasteiger partial charge in [-0.2, -0.15) is 8.78 Å². The van der Waals surface area contributed by atoms with Crippen molar-refractivity contribution >= 4 is 7.32 Å². The number of benzene rings is 1. The Labute approximate surface area is 169 Å². The molecule has 0 aromatic heterocycles. The molecule has 0 bridgehead atoms. The zero-order valence-electron chi connectivity index (χ0n) is 18.2. The lowest BCUT2D eigenvalue weighted by molar-refractivity contribution is -0.709. The van der Waals surface area contributed by atoms with Gasteiger partial charge in [-0.15, -0.1) is 0 Å². The average Bonchev–Trinajstić information content (AvgIpc) is 2.53. The molecule has 0 spiro atoms. The van der Waals surface area contributed by atoms with Gasteiger partial charge in [0.1, 0.15) is 7.32 Å². The molecule has 0 fully saturated rings. The fraction of sp³-hybridized carbons (Fsp3) is 0.667. The first-order valence-electron chi connectivity index (χ1n) is 9.31. The third-order valence-electron chi connectivity index (χ3n) is 2.92. The van der Waals surface area contributed by atoms with Gasteiger partial charge in [-0.1, -0.05) is 0 Å². The maximum Gasteiger partial charge on any atom is 0.205 e. The van der Waals surface area contributed by atoms with E-state index in [1.54, 1.807) is 0 Å². The highest BCUT2D eigenvalue weighted by Gasteiger charge is 2.26. The molecule has 0 amide bonds. The summed E-state index contributed by atoms with van der Waals surface area (Å²) in [6, 6.07) is 3.00. The second-order valence-electron chi connectivity index (χ2n) is 7.67. The van der Waals surface area contributed by atoms with Crippen LogP contribution in [0, 0.1) is 29.1 Å². The van der Waals surface area contributed by atoms with Crippen molar-refractivity contribution in [2.45, 2.75) is 79.6 Å². The summed E-state index contributed by atoms with van der Waals surface area (Å²) in [6.45, 7) is 17.7. The van der Waals surface area contributed by atoms with Crippen LogP contribution < -0.4 is 25.3 Å². The van der Waals surface area contributed by atoms with Crippen LogP contribution in [0.15, 0.2) is 0 Å². The summed E-state index contributed by atoms with van der Waals surface area (Å²) in [5.41, 5.74) is 0. The van der Waals surface area contributed by atoms with E-state index in [1.807, 2.05) is 0 Å². The molecular formula is C18H32BF5N2O3. The fourth-order valence-corrected chi connectivity index (χ4v) is 2.32. The van der Waals surface area contributed by atoms with Gasteiger partial charge in [0.2, 0.25) is 29.1 Å². The second kappa shape index (κ2) is 14.5. The van der Waals surface area contributed by atoms with Gasteiger partial charge in [-0.3, -0.25) is 0 Å². The number of rotatable bonds is 6. The van der Waals surface area contributed by atoms with E-state index < -0.39 is 42.2 Å². The van der Waals surface area contributed by atoms with Gasteiger partial charge in [0.25, 0.3) is 0 Å². The Hall–Kier alpha value is -1.43. The van der Waals surface area contributed by atoms with E-state index in [1.165, 1.54) is 0 Å². The van der Waals surface area contributed by atoms with E-state index in [0.29, 0.717) is 0 Å². The average molecular weight is 430 g/mol. The number of quaternary nitrogens is 2. The quantitative estimate of drug-likeness (QED) is 0.293. The monoisotopic (exact) mass is 430 g/mol. The van der Waals surface area contributed by atoms with Gasteiger partial charge in [-0.05, 0) is 55.4 Å². The lowest BCUT2D eigenvalue weighted by Gasteiger charge is -2.27. The summed E-state index contributed by atoms with van der Waals surface area (Å²) in [7, 11) is -3.20. The summed E-state index contributed by atoms with van der Waals surface area (Å²) in [6.07, 6.45) is 0. The Kier molecular flexibility index (Phi) is 14.9. The Bertz CT molecular complexity index is 548. The molecule has 170 valence electrons. The van der Waals surface area contributed by atoms with E-state index in [-0.39, 0.29) is 0 Å². The molecule has 0 atom stereocenters. The van der Waals surface area contributed by atoms with Gasteiger partial charge in [-0.25, -0.2) is 13.2 Å². The zero-order chi connectivity index (χ0) is 23.5. The van der Waals surface area contributed by atoms with Crippen LogP contribution in [0.3, 0.4) is 0 Å². The van der Waals surface area contributed by atoms with Crippen LogP contribution in [-0.4, -0.2) is 31.5 Å². The molecule has 29 heavy (non-hydrogen) atoms. The number of halogens is 5. The predicted molar refractivity (Wildman–Crippen MR) is 97.0 cm³/mol. The SMILES string of the molecule is CC(C)[NH2+]C(C)C.CC(C)[NH2+]C(C)C.[O-]B([O-])Oc1c(F)c(F)c(F)c(F)c1F. The molecule has 1 aromatic rings. The third-order valence-corrected chi connectivity index (χ3v) is 2.92. The van der Waals surface area contributed by atoms with E-state index in [2.05, 4.69) is 70.7 Å². The van der Waals surface area contributed by atoms with Gasteiger partial charge in [0.15, 0.2) is 5.75 Å². The Morgan fingerprint density at radius 2 is 0.828 bits per heavy atom. The largest absolute Gasteiger partial charge is 0.860 e. The summed E-state index contributed by atoms with van der Waals surface area (Å²) in [4.78, 5) is 0. The van der Waals surface area contributed by atoms with Crippen LogP contribution in [0.25, 0.3) is 0 Å². The van der Waals surface area contributed by atoms with Crippen LogP contribution in [-0.2, 0) is 0 Å². The summed E-state index contributed by atoms with van der Waals surface area (Å²) >= 11 is 0. The molecule has 0 unspecified atom stereocenters. The van der Waals surface area contributed by atoms with Crippen LogP contribution >= 0.6 is 0 Å². The van der Waals surface area contributed by atoms with E-state index in [0.717, 1.165) is 24.2 Å². The van der Waals surface area contributed by atoms with E-state index in [9.17, 15) is 32.0 Å². The molecule has 0 saturated carbocycles. The summed E-state index contributed by atoms with van der Waals surface area (Å²) in [5, 5.41) is 24.4. The Morgan fingerprint density at radius 3 is 1.00 bits per heavy atom. The van der Waals surface area contributed by atoms with Crippen molar-refractivity contribution in [3.8, 4) is 5.75 Å². The maximum absolute atomic E-state index is 12.6. The molecular weight excluding hydrogens is 398 g/mol. The molecule has 0 radical (unpaired) electrons. The van der Waals surface area contributed by atoms with Crippen molar-refractivity contribution in [2.24, 2.45) is 0 Å². The minimum absolute atomic E-state index is 0.750. The molecule has 0 aliphatic heterocycles. The van der Waals surface area contributed by atoms with Crippen molar-refractivity contribution in [2.75, 3.05) is 0 Å². The second-order valence-corrected chi connectivity index (χ2v) is 7.67. The molecule has 0 heterocycles.